The predicted octanol–water partition coefficient (Wildman–Crippen LogP) is 5.94. The standard InChI is InChI=1S/C24H22Cl2N2O3/c1-24(2,3)28-23(30)20(27-22(29)15-7-5-4-6-8-15)14-17-10-12-21(31-17)18-11-9-16(25)13-19(18)26/h4-14H,1-3H3,(H,27,29)(H,28,30)/b20-14+. The summed E-state index contributed by atoms with van der Waals surface area (Å²) < 4.78 is 5.85. The van der Waals surface area contributed by atoms with Crippen LogP contribution in [0.1, 0.15) is 36.9 Å². The fourth-order valence-electron chi connectivity index (χ4n) is 2.76. The van der Waals surface area contributed by atoms with Crippen molar-refractivity contribution < 1.29 is 14.0 Å². The molecule has 1 aromatic heterocycles. The van der Waals surface area contributed by atoms with E-state index in [0.717, 1.165) is 0 Å². The number of hydrogen-bond acceptors (Lipinski definition) is 3. The van der Waals surface area contributed by atoms with Gasteiger partial charge in [-0.1, -0.05) is 41.4 Å². The first-order valence-corrected chi connectivity index (χ1v) is 10.3. The molecule has 0 aliphatic rings. The Morgan fingerprint density at radius 3 is 2.32 bits per heavy atom. The van der Waals surface area contributed by atoms with Gasteiger partial charge in [0.1, 0.15) is 17.2 Å². The molecule has 2 amide bonds. The first-order chi connectivity index (χ1) is 14.6. The number of halogens is 2. The molecular formula is C24H22Cl2N2O3. The van der Waals surface area contributed by atoms with E-state index in [9.17, 15) is 9.59 Å². The largest absolute Gasteiger partial charge is 0.457 e. The molecule has 0 spiro atoms. The van der Waals surface area contributed by atoms with Crippen molar-refractivity contribution in [1.29, 1.82) is 0 Å². The summed E-state index contributed by atoms with van der Waals surface area (Å²) in [5.41, 5.74) is 0.676. The van der Waals surface area contributed by atoms with E-state index in [0.29, 0.717) is 32.7 Å². The van der Waals surface area contributed by atoms with Gasteiger partial charge in [0.2, 0.25) is 0 Å². The van der Waals surface area contributed by atoms with Crippen molar-refractivity contribution in [2.75, 3.05) is 0 Å². The molecule has 0 fully saturated rings. The lowest BCUT2D eigenvalue weighted by Gasteiger charge is -2.21. The first kappa shape index (κ1) is 22.7. The van der Waals surface area contributed by atoms with Crippen molar-refractivity contribution in [2.24, 2.45) is 0 Å². The van der Waals surface area contributed by atoms with Crippen molar-refractivity contribution in [3.63, 3.8) is 0 Å². The third kappa shape index (κ3) is 6.23. The molecule has 3 rings (SSSR count). The SMILES string of the molecule is CC(C)(C)NC(=O)/C(=C\c1ccc(-c2ccc(Cl)cc2Cl)o1)NC(=O)c1ccccc1. The highest BCUT2D eigenvalue weighted by atomic mass is 35.5. The summed E-state index contributed by atoms with van der Waals surface area (Å²) in [5.74, 6) is 0.0639. The first-order valence-electron chi connectivity index (χ1n) is 9.58. The smallest absolute Gasteiger partial charge is 0.268 e. The zero-order valence-corrected chi connectivity index (χ0v) is 18.8. The molecule has 5 nitrogen and oxygen atoms in total. The summed E-state index contributed by atoms with van der Waals surface area (Å²) in [6, 6.07) is 17.2. The van der Waals surface area contributed by atoms with Crippen LogP contribution in [0, 0.1) is 0 Å². The maximum absolute atomic E-state index is 12.8. The van der Waals surface area contributed by atoms with Gasteiger partial charge in [0.25, 0.3) is 11.8 Å². The highest BCUT2D eigenvalue weighted by molar-refractivity contribution is 6.36. The van der Waals surface area contributed by atoms with E-state index in [4.69, 9.17) is 27.6 Å². The molecule has 160 valence electrons. The van der Waals surface area contributed by atoms with E-state index in [-0.39, 0.29) is 5.70 Å². The van der Waals surface area contributed by atoms with E-state index >= 15 is 0 Å². The lowest BCUT2D eigenvalue weighted by atomic mass is 10.1. The molecule has 0 atom stereocenters. The van der Waals surface area contributed by atoms with Crippen LogP contribution < -0.4 is 10.6 Å². The minimum Gasteiger partial charge on any atom is -0.457 e. The van der Waals surface area contributed by atoms with Gasteiger partial charge >= 0.3 is 0 Å². The van der Waals surface area contributed by atoms with Crippen molar-refractivity contribution >= 4 is 41.1 Å². The minimum absolute atomic E-state index is 0.0619. The number of amides is 2. The summed E-state index contributed by atoms with van der Waals surface area (Å²) >= 11 is 12.2. The Morgan fingerprint density at radius 2 is 1.68 bits per heavy atom. The van der Waals surface area contributed by atoms with Crippen LogP contribution in [0.4, 0.5) is 0 Å². The average Bonchev–Trinajstić information content (AvgIpc) is 3.15. The second kappa shape index (κ2) is 9.41. The van der Waals surface area contributed by atoms with Gasteiger partial charge in [0.15, 0.2) is 0 Å². The van der Waals surface area contributed by atoms with Gasteiger partial charge in [-0.15, -0.1) is 0 Å². The van der Waals surface area contributed by atoms with Gasteiger partial charge < -0.3 is 15.1 Å². The van der Waals surface area contributed by atoms with E-state index < -0.39 is 17.4 Å². The van der Waals surface area contributed by atoms with Crippen LogP contribution in [0.15, 0.2) is 70.8 Å². The molecule has 0 aliphatic carbocycles. The number of furan rings is 1. The van der Waals surface area contributed by atoms with Crippen molar-refractivity contribution in [1.82, 2.24) is 10.6 Å². The molecule has 3 aromatic rings. The van der Waals surface area contributed by atoms with Crippen LogP contribution in [-0.4, -0.2) is 17.4 Å². The summed E-state index contributed by atoms with van der Waals surface area (Å²) in [7, 11) is 0. The number of benzene rings is 2. The quantitative estimate of drug-likeness (QED) is 0.466. The molecule has 0 radical (unpaired) electrons. The molecule has 7 heteroatoms. The molecule has 0 unspecified atom stereocenters. The molecule has 31 heavy (non-hydrogen) atoms. The zero-order chi connectivity index (χ0) is 22.6. The topological polar surface area (TPSA) is 71.3 Å². The van der Waals surface area contributed by atoms with Crippen LogP contribution in [0.3, 0.4) is 0 Å². The zero-order valence-electron chi connectivity index (χ0n) is 17.3. The van der Waals surface area contributed by atoms with Gasteiger partial charge in [-0.05, 0) is 63.2 Å². The Labute approximate surface area is 191 Å². The molecule has 0 saturated carbocycles. The lowest BCUT2D eigenvalue weighted by Crippen LogP contribution is -2.44. The van der Waals surface area contributed by atoms with Crippen LogP contribution in [0.2, 0.25) is 10.0 Å². The maximum Gasteiger partial charge on any atom is 0.268 e. The minimum atomic E-state index is -0.487. The second-order valence-electron chi connectivity index (χ2n) is 7.91. The molecule has 1 heterocycles. The molecule has 2 aromatic carbocycles. The predicted molar refractivity (Wildman–Crippen MR) is 124 cm³/mol. The highest BCUT2D eigenvalue weighted by Gasteiger charge is 2.20. The van der Waals surface area contributed by atoms with Crippen LogP contribution in [-0.2, 0) is 4.79 Å². The fraction of sp³-hybridized carbons (Fsp3) is 0.167. The van der Waals surface area contributed by atoms with Gasteiger partial charge in [0.05, 0.1) is 5.02 Å². The number of rotatable bonds is 5. The number of carbonyl (C=O) groups is 2. The Morgan fingerprint density at radius 1 is 0.968 bits per heavy atom. The summed E-state index contributed by atoms with van der Waals surface area (Å²) in [4.78, 5) is 25.5. The van der Waals surface area contributed by atoms with Crippen LogP contribution in [0.25, 0.3) is 17.4 Å². The van der Waals surface area contributed by atoms with Crippen molar-refractivity contribution in [3.8, 4) is 11.3 Å². The van der Waals surface area contributed by atoms with Crippen LogP contribution >= 0.6 is 23.2 Å². The Bertz CT molecular complexity index is 1130. The summed E-state index contributed by atoms with van der Waals surface area (Å²) in [6.07, 6.45) is 1.48. The monoisotopic (exact) mass is 456 g/mol. The van der Waals surface area contributed by atoms with Crippen LogP contribution in [0.5, 0.6) is 0 Å². The molecular weight excluding hydrogens is 435 g/mol. The Hall–Kier alpha value is -3.02. The molecule has 2 N–H and O–H groups in total. The van der Waals surface area contributed by atoms with Gasteiger partial charge in [0, 0.05) is 27.8 Å². The van der Waals surface area contributed by atoms with Gasteiger partial charge in [-0.2, -0.15) is 0 Å². The Balaban J connectivity index is 1.92. The molecule has 0 bridgehead atoms. The maximum atomic E-state index is 12.8. The summed E-state index contributed by atoms with van der Waals surface area (Å²) in [6.45, 7) is 5.57. The average molecular weight is 457 g/mol. The third-order valence-corrected chi connectivity index (χ3v) is 4.68. The van der Waals surface area contributed by atoms with E-state index in [1.54, 1.807) is 54.6 Å². The molecule has 0 saturated heterocycles. The number of carbonyl (C=O) groups excluding carboxylic acids is 2. The normalized spacial score (nSPS) is 11.8. The lowest BCUT2D eigenvalue weighted by molar-refractivity contribution is -0.119. The number of nitrogens with one attached hydrogen (secondary N) is 2. The van der Waals surface area contributed by atoms with Crippen molar-refractivity contribution in [2.45, 2.75) is 26.3 Å². The van der Waals surface area contributed by atoms with Gasteiger partial charge in [-0.25, -0.2) is 0 Å². The number of hydrogen-bond donors (Lipinski definition) is 2. The highest BCUT2D eigenvalue weighted by Crippen LogP contribution is 2.32. The summed E-state index contributed by atoms with van der Waals surface area (Å²) in [5, 5.41) is 6.49. The van der Waals surface area contributed by atoms with Gasteiger partial charge in [-0.3, -0.25) is 9.59 Å². The van der Waals surface area contributed by atoms with E-state index in [1.807, 2.05) is 26.8 Å². The Kier molecular flexibility index (Phi) is 6.88. The van der Waals surface area contributed by atoms with Crippen molar-refractivity contribution in [3.05, 3.63) is 87.7 Å². The second-order valence-corrected chi connectivity index (χ2v) is 8.75. The fourth-order valence-corrected chi connectivity index (χ4v) is 3.26. The third-order valence-electron chi connectivity index (χ3n) is 4.13. The molecule has 0 aliphatic heterocycles. The van der Waals surface area contributed by atoms with E-state index in [2.05, 4.69) is 10.6 Å². The van der Waals surface area contributed by atoms with E-state index in [1.165, 1.54) is 6.08 Å².